The largest absolute Gasteiger partial charge is 0.337 e. The smallest absolute Gasteiger partial charge is 0.320 e. The van der Waals surface area contributed by atoms with Crippen LogP contribution in [0.5, 0.6) is 0 Å². The van der Waals surface area contributed by atoms with E-state index in [2.05, 4.69) is 10.1 Å². The number of aryl methyl sites for hydroxylation is 1. The van der Waals surface area contributed by atoms with Gasteiger partial charge in [0.05, 0.1) is 10.6 Å². The molecule has 0 aliphatic rings. The summed E-state index contributed by atoms with van der Waals surface area (Å²) in [5.74, 6) is 0.736. The molecule has 26 heavy (non-hydrogen) atoms. The Bertz CT molecular complexity index is 1170. The maximum Gasteiger partial charge on any atom is 0.320 e. The molecule has 4 rings (SSSR count). The van der Waals surface area contributed by atoms with Crippen LogP contribution in [0.1, 0.15) is 11.5 Å². The molecule has 0 aliphatic carbocycles. The van der Waals surface area contributed by atoms with E-state index >= 15 is 0 Å². The molecule has 3 heterocycles. The summed E-state index contributed by atoms with van der Waals surface area (Å²) in [6.07, 6.45) is 3.12. The van der Waals surface area contributed by atoms with E-state index in [1.54, 1.807) is 18.5 Å². The van der Waals surface area contributed by atoms with Crippen LogP contribution in [0.4, 0.5) is 0 Å². The second-order valence-corrected chi connectivity index (χ2v) is 6.63. The van der Waals surface area contributed by atoms with Crippen molar-refractivity contribution in [2.45, 2.75) is 13.5 Å². The minimum absolute atomic E-state index is 0.0427. The van der Waals surface area contributed by atoms with Gasteiger partial charge < -0.3 is 4.52 Å². The number of benzene rings is 1. The molecule has 8 heteroatoms. The van der Waals surface area contributed by atoms with Gasteiger partial charge in [-0.2, -0.15) is 4.98 Å². The van der Waals surface area contributed by atoms with Crippen molar-refractivity contribution in [3.8, 4) is 16.4 Å². The molecular weight excluding hydrogens is 352 g/mol. The Hall–Kier alpha value is -3.26. The molecule has 0 aliphatic heterocycles. The lowest BCUT2D eigenvalue weighted by Crippen LogP contribution is -2.40. The summed E-state index contributed by atoms with van der Waals surface area (Å²) in [6.45, 7) is 1.93. The minimum atomic E-state index is -0.647. The summed E-state index contributed by atoms with van der Waals surface area (Å²) in [5.41, 5.74) is 0.315. The minimum Gasteiger partial charge on any atom is -0.337 e. The van der Waals surface area contributed by atoms with Crippen molar-refractivity contribution in [1.29, 1.82) is 0 Å². The molecule has 0 amide bonds. The van der Waals surface area contributed by atoms with Gasteiger partial charge >= 0.3 is 11.1 Å². The molecule has 1 aromatic carbocycles. The maximum atomic E-state index is 12.5. The first-order valence-corrected chi connectivity index (χ1v) is 8.76. The van der Waals surface area contributed by atoms with Gasteiger partial charge in [0.25, 0.3) is 0 Å². The van der Waals surface area contributed by atoms with Crippen LogP contribution in [0.2, 0.25) is 0 Å². The number of aromatic nitrogens is 4. The Labute approximate surface area is 151 Å². The zero-order chi connectivity index (χ0) is 18.1. The summed E-state index contributed by atoms with van der Waals surface area (Å²) < 4.78 is 7.81. The fourth-order valence-corrected chi connectivity index (χ4v) is 3.28. The zero-order valence-electron chi connectivity index (χ0n) is 13.8. The standard InChI is InChI=1S/C18H14N4O3S/c1-12-5-2-3-6-13(12)22-9-8-21(17(23)18(22)24)11-15-19-16(20-25-15)14-7-4-10-26-14/h2-10H,11H2,1H3. The van der Waals surface area contributed by atoms with Gasteiger partial charge in [-0.3, -0.25) is 18.7 Å². The first-order chi connectivity index (χ1) is 12.6. The van der Waals surface area contributed by atoms with Crippen molar-refractivity contribution < 1.29 is 4.52 Å². The van der Waals surface area contributed by atoms with Crippen molar-refractivity contribution >= 4 is 11.3 Å². The molecule has 4 aromatic rings. The van der Waals surface area contributed by atoms with Crippen molar-refractivity contribution in [3.05, 3.63) is 86.3 Å². The molecule has 3 aromatic heterocycles. The molecule has 0 saturated heterocycles. The van der Waals surface area contributed by atoms with Gasteiger partial charge in [0, 0.05) is 12.4 Å². The molecule has 0 spiro atoms. The van der Waals surface area contributed by atoms with Gasteiger partial charge in [-0.1, -0.05) is 29.4 Å². The number of thiophene rings is 1. The third-order valence-electron chi connectivity index (χ3n) is 3.95. The Morgan fingerprint density at radius 1 is 1.08 bits per heavy atom. The lowest BCUT2D eigenvalue weighted by Gasteiger charge is -2.09. The number of hydrogen-bond donors (Lipinski definition) is 0. The van der Waals surface area contributed by atoms with Crippen LogP contribution in [0.25, 0.3) is 16.4 Å². The quantitative estimate of drug-likeness (QED) is 0.518. The van der Waals surface area contributed by atoms with E-state index in [4.69, 9.17) is 4.52 Å². The van der Waals surface area contributed by atoms with Gasteiger partial charge in [-0.25, -0.2) is 0 Å². The molecule has 0 N–H and O–H groups in total. The van der Waals surface area contributed by atoms with Gasteiger partial charge in [0.15, 0.2) is 0 Å². The monoisotopic (exact) mass is 366 g/mol. The molecule has 0 saturated carbocycles. The van der Waals surface area contributed by atoms with Crippen molar-refractivity contribution in [2.24, 2.45) is 0 Å². The fourth-order valence-electron chi connectivity index (χ4n) is 2.63. The van der Waals surface area contributed by atoms with E-state index < -0.39 is 11.1 Å². The zero-order valence-corrected chi connectivity index (χ0v) is 14.6. The van der Waals surface area contributed by atoms with Gasteiger partial charge in [-0.15, -0.1) is 11.3 Å². The normalized spacial score (nSPS) is 11.0. The molecular formula is C18H14N4O3S. The first kappa shape index (κ1) is 16.2. The molecule has 0 radical (unpaired) electrons. The lowest BCUT2D eigenvalue weighted by molar-refractivity contribution is 0.369. The average molecular weight is 366 g/mol. The van der Waals surface area contributed by atoms with Crippen LogP contribution in [0, 0.1) is 6.92 Å². The number of rotatable bonds is 4. The summed E-state index contributed by atoms with van der Waals surface area (Å²) >= 11 is 1.50. The molecule has 0 fully saturated rings. The highest BCUT2D eigenvalue weighted by atomic mass is 32.1. The van der Waals surface area contributed by atoms with Crippen molar-refractivity contribution in [1.82, 2.24) is 19.3 Å². The summed E-state index contributed by atoms with van der Waals surface area (Å²) in [6, 6.07) is 11.2. The van der Waals surface area contributed by atoms with Crippen molar-refractivity contribution in [3.63, 3.8) is 0 Å². The Balaban J connectivity index is 1.67. The van der Waals surface area contributed by atoms with Crippen molar-refractivity contribution in [2.75, 3.05) is 0 Å². The number of para-hydroxylation sites is 1. The maximum absolute atomic E-state index is 12.5. The highest BCUT2D eigenvalue weighted by Gasteiger charge is 2.13. The second kappa shape index (κ2) is 6.57. The van der Waals surface area contributed by atoms with Gasteiger partial charge in [-0.05, 0) is 30.0 Å². The summed E-state index contributed by atoms with van der Waals surface area (Å²) in [7, 11) is 0. The van der Waals surface area contributed by atoms with Gasteiger partial charge in [0.1, 0.15) is 6.54 Å². The van der Waals surface area contributed by atoms with E-state index in [0.29, 0.717) is 11.5 Å². The van der Waals surface area contributed by atoms with Crippen LogP contribution in [0.15, 0.2) is 68.3 Å². The predicted octanol–water partition coefficient (Wildman–Crippen LogP) is 2.47. The van der Waals surface area contributed by atoms with E-state index in [9.17, 15) is 9.59 Å². The van der Waals surface area contributed by atoms with Crippen LogP contribution < -0.4 is 11.1 Å². The van der Waals surface area contributed by atoms with Gasteiger partial charge in [0.2, 0.25) is 11.7 Å². The predicted molar refractivity (Wildman–Crippen MR) is 97.7 cm³/mol. The van der Waals surface area contributed by atoms with Crippen LogP contribution in [-0.2, 0) is 6.54 Å². The van der Waals surface area contributed by atoms with Crippen LogP contribution in [-0.4, -0.2) is 19.3 Å². The molecule has 7 nitrogen and oxygen atoms in total. The second-order valence-electron chi connectivity index (χ2n) is 5.68. The fraction of sp³-hybridized carbons (Fsp3) is 0.111. The topological polar surface area (TPSA) is 82.9 Å². The molecule has 0 atom stereocenters. The first-order valence-electron chi connectivity index (χ1n) is 7.88. The third-order valence-corrected chi connectivity index (χ3v) is 4.81. The SMILES string of the molecule is Cc1ccccc1-n1ccn(Cc2nc(-c3cccs3)no2)c(=O)c1=O. The molecule has 0 bridgehead atoms. The highest BCUT2D eigenvalue weighted by molar-refractivity contribution is 7.13. The molecule has 130 valence electrons. The Morgan fingerprint density at radius 3 is 2.69 bits per heavy atom. The Morgan fingerprint density at radius 2 is 1.92 bits per heavy atom. The Kier molecular flexibility index (Phi) is 4.10. The average Bonchev–Trinajstić information content (AvgIpc) is 3.32. The van der Waals surface area contributed by atoms with E-state index in [1.807, 2.05) is 42.6 Å². The van der Waals surface area contributed by atoms with E-state index in [1.165, 1.54) is 20.5 Å². The summed E-state index contributed by atoms with van der Waals surface area (Å²) in [5, 5.41) is 5.83. The van der Waals surface area contributed by atoms with Crippen LogP contribution >= 0.6 is 11.3 Å². The van der Waals surface area contributed by atoms with E-state index in [-0.39, 0.29) is 12.4 Å². The van der Waals surface area contributed by atoms with Crippen LogP contribution in [0.3, 0.4) is 0 Å². The van der Waals surface area contributed by atoms with E-state index in [0.717, 1.165) is 10.4 Å². The third kappa shape index (κ3) is 2.91. The number of nitrogens with zero attached hydrogens (tertiary/aromatic N) is 4. The summed E-state index contributed by atoms with van der Waals surface area (Å²) in [4.78, 5) is 30.1. The molecule has 0 unspecified atom stereocenters. The lowest BCUT2D eigenvalue weighted by atomic mass is 10.2. The highest BCUT2D eigenvalue weighted by Crippen LogP contribution is 2.21. The number of hydrogen-bond acceptors (Lipinski definition) is 6.